The lowest BCUT2D eigenvalue weighted by atomic mass is 9.75. The van der Waals surface area contributed by atoms with E-state index in [0.717, 1.165) is 34.1 Å². The molecule has 2 aliphatic heterocycles. The lowest BCUT2D eigenvalue weighted by molar-refractivity contribution is 0.509. The molecule has 0 spiro atoms. The number of benzene rings is 8. The Morgan fingerprint density at radius 1 is 0.342 bits per heavy atom. The van der Waals surface area contributed by atoms with E-state index >= 15 is 0 Å². The molecule has 0 saturated heterocycles. The molecule has 0 radical (unpaired) electrons. The number of nitrogens with zero attached hydrogens (tertiary/aromatic N) is 3. The summed E-state index contributed by atoms with van der Waals surface area (Å²) in [5.41, 5.74) is 20.7. The molecule has 0 aromatic heterocycles. The van der Waals surface area contributed by atoms with Crippen molar-refractivity contribution in [2.24, 2.45) is 5.41 Å². The maximum Gasteiger partial charge on any atom is 0.0702 e. The van der Waals surface area contributed by atoms with Gasteiger partial charge < -0.3 is 14.7 Å². The van der Waals surface area contributed by atoms with Crippen LogP contribution < -0.4 is 14.7 Å². The Morgan fingerprint density at radius 2 is 0.699 bits per heavy atom. The maximum atomic E-state index is 2.69. The Kier molecular flexibility index (Phi) is 11.2. The van der Waals surface area contributed by atoms with Gasteiger partial charge in [-0.25, -0.2) is 0 Å². The molecule has 3 aliphatic rings. The number of anilines is 8. The number of allylic oxidation sites excluding steroid dienone is 2. The smallest absolute Gasteiger partial charge is 0.0702 e. The molecule has 0 fully saturated rings. The lowest BCUT2D eigenvalue weighted by Gasteiger charge is -2.31. The van der Waals surface area contributed by atoms with Gasteiger partial charge in [-0.05, 0) is 185 Å². The molecule has 8 aromatic rings. The van der Waals surface area contributed by atoms with Gasteiger partial charge in [0.15, 0.2) is 0 Å². The third-order valence-corrected chi connectivity index (χ3v) is 16.1. The van der Waals surface area contributed by atoms with E-state index < -0.39 is 0 Å². The summed E-state index contributed by atoms with van der Waals surface area (Å²) in [5, 5.41) is 5.01. The van der Waals surface area contributed by atoms with Crippen LogP contribution in [-0.2, 0) is 21.7 Å². The molecule has 0 amide bonds. The molecule has 8 aromatic carbocycles. The number of rotatable bonds is 6. The monoisotopic (exact) mass is 958 g/mol. The van der Waals surface area contributed by atoms with E-state index in [-0.39, 0.29) is 39.0 Å². The van der Waals surface area contributed by atoms with E-state index in [1.54, 1.807) is 0 Å². The quantitative estimate of drug-likeness (QED) is 0.164. The van der Waals surface area contributed by atoms with Crippen molar-refractivity contribution in [1.82, 2.24) is 0 Å². The summed E-state index contributed by atoms with van der Waals surface area (Å²) in [5.74, 6) is 0.237. The van der Waals surface area contributed by atoms with Gasteiger partial charge >= 0.3 is 0 Å². The molecule has 11 rings (SSSR count). The minimum Gasteiger partial charge on any atom is -0.332 e. The Morgan fingerprint density at radius 3 is 1.07 bits per heavy atom. The van der Waals surface area contributed by atoms with E-state index in [0.29, 0.717) is 0 Å². The Hall–Kier alpha value is -6.84. The zero-order valence-corrected chi connectivity index (χ0v) is 46.2. The van der Waals surface area contributed by atoms with Gasteiger partial charge in [0.25, 0.3) is 0 Å². The van der Waals surface area contributed by atoms with Crippen molar-refractivity contribution in [3.05, 3.63) is 209 Å². The summed E-state index contributed by atoms with van der Waals surface area (Å²) < 4.78 is 0. The van der Waals surface area contributed by atoms with E-state index in [9.17, 15) is 0 Å². The van der Waals surface area contributed by atoms with Gasteiger partial charge in [-0.1, -0.05) is 177 Å². The summed E-state index contributed by atoms with van der Waals surface area (Å²) in [6, 6.07) is 61.1. The number of hydrogen-bond donors (Lipinski definition) is 0. The molecule has 2 heterocycles. The van der Waals surface area contributed by atoms with Gasteiger partial charge in [0, 0.05) is 51.3 Å². The summed E-state index contributed by atoms with van der Waals surface area (Å²) in [6.07, 6.45) is 5.12. The zero-order chi connectivity index (χ0) is 51.7. The molecular weight excluding hydrogens is 883 g/mol. The van der Waals surface area contributed by atoms with Crippen molar-refractivity contribution in [2.45, 2.75) is 137 Å². The van der Waals surface area contributed by atoms with Crippen LogP contribution in [0.3, 0.4) is 0 Å². The van der Waals surface area contributed by atoms with Crippen LogP contribution in [0.2, 0.25) is 0 Å². The van der Waals surface area contributed by atoms with Crippen molar-refractivity contribution >= 4 is 72.6 Å². The molecule has 0 bridgehead atoms. The Bertz CT molecular complexity index is 3380. The first-order valence-corrected chi connectivity index (χ1v) is 26.7. The van der Waals surface area contributed by atoms with Crippen molar-refractivity contribution in [1.29, 1.82) is 0 Å². The topological polar surface area (TPSA) is 9.72 Å². The van der Waals surface area contributed by atoms with Crippen molar-refractivity contribution in [3.8, 4) is 0 Å². The molecule has 0 N–H and O–H groups in total. The van der Waals surface area contributed by atoms with E-state index in [2.05, 4.69) is 288 Å². The fraction of sp³-hybridized carbons (Fsp3) is 0.314. The first kappa shape index (κ1) is 48.4. The zero-order valence-electron chi connectivity index (χ0n) is 46.2. The maximum absolute atomic E-state index is 2.69. The molecule has 0 saturated carbocycles. The average molecular weight is 958 g/mol. The molecule has 370 valence electrons. The molecule has 73 heavy (non-hydrogen) atoms. The van der Waals surface area contributed by atoms with Gasteiger partial charge in [0.2, 0.25) is 0 Å². The predicted octanol–water partition coefficient (Wildman–Crippen LogP) is 20.1. The van der Waals surface area contributed by atoms with Crippen LogP contribution in [0.1, 0.15) is 143 Å². The second kappa shape index (κ2) is 16.9. The first-order chi connectivity index (χ1) is 34.3. The summed E-state index contributed by atoms with van der Waals surface area (Å²) in [4.78, 5) is 7.55. The van der Waals surface area contributed by atoms with Crippen molar-refractivity contribution < 1.29 is 0 Å². The van der Waals surface area contributed by atoms with Gasteiger partial charge in [0.1, 0.15) is 0 Å². The molecule has 2 atom stereocenters. The molecule has 3 heteroatoms. The van der Waals surface area contributed by atoms with Gasteiger partial charge in [-0.3, -0.25) is 0 Å². The van der Waals surface area contributed by atoms with Crippen LogP contribution in [0.5, 0.6) is 0 Å². The van der Waals surface area contributed by atoms with Crippen molar-refractivity contribution in [3.63, 3.8) is 0 Å². The SMILES string of the molecule is CC(C)(C)C1=CC2c3cc4ccc(N(c5ccc(C(C)(C)C)cc5)c5ccc(C(C)(C)C)cc5)cc4cc3N3c4cc5cc(N(c6ccc(C(C)(C)C)cc6)c6ccc(C(C)(C)C)cc6)ccc5cc4C(=C1)[C@@H]23. The highest BCUT2D eigenvalue weighted by Crippen LogP contribution is 2.61. The van der Waals surface area contributed by atoms with Gasteiger partial charge in [0.05, 0.1) is 11.7 Å². The molecule has 1 aliphatic carbocycles. The second-order valence-corrected chi connectivity index (χ2v) is 26.5. The van der Waals surface area contributed by atoms with Gasteiger partial charge in [-0.15, -0.1) is 0 Å². The predicted molar refractivity (Wildman–Crippen MR) is 316 cm³/mol. The van der Waals surface area contributed by atoms with Crippen LogP contribution in [-0.4, -0.2) is 6.04 Å². The third-order valence-electron chi connectivity index (χ3n) is 16.1. The van der Waals surface area contributed by atoms with Crippen LogP contribution >= 0.6 is 0 Å². The van der Waals surface area contributed by atoms with E-state index in [4.69, 9.17) is 0 Å². The van der Waals surface area contributed by atoms with Crippen LogP contribution in [0.4, 0.5) is 45.5 Å². The number of hydrogen-bond acceptors (Lipinski definition) is 3. The fourth-order valence-corrected chi connectivity index (χ4v) is 11.6. The lowest BCUT2D eigenvalue weighted by Crippen LogP contribution is -2.28. The Labute approximate surface area is 436 Å². The Balaban J connectivity index is 1.05. The molecule has 3 nitrogen and oxygen atoms in total. The van der Waals surface area contributed by atoms with Crippen molar-refractivity contribution in [2.75, 3.05) is 14.7 Å². The molecule has 1 unspecified atom stereocenters. The average Bonchev–Trinajstić information content (AvgIpc) is 3.82. The standard InChI is InChI=1S/C70H75N3/c1-66(2,3)48-18-28-53(29-19-48)71(54-30-20-49(21-31-54)67(4,5)6)57-26-16-44-38-59-61-42-52(70(13,14)15)43-62-60-39-45-17-27-58(37-47(45)41-64(60)73(65(61)62)63(59)40-46(44)36-57)72(55-32-22-50(23-33-55)68(7,8)9)56-34-24-51(25-35-56)69(10,11)12/h16-43,61,65H,1-15H3/t61?,65-/m1/s1. The van der Waals surface area contributed by atoms with Gasteiger partial charge in [-0.2, -0.15) is 0 Å². The van der Waals surface area contributed by atoms with E-state index in [1.165, 1.54) is 77.4 Å². The third kappa shape index (κ3) is 8.67. The van der Waals surface area contributed by atoms with Crippen LogP contribution in [0.15, 0.2) is 175 Å². The highest BCUT2D eigenvalue weighted by Gasteiger charge is 2.49. The summed E-state index contributed by atoms with van der Waals surface area (Å²) in [7, 11) is 0. The summed E-state index contributed by atoms with van der Waals surface area (Å²) in [6.45, 7) is 34.5. The van der Waals surface area contributed by atoms with Crippen LogP contribution in [0.25, 0.3) is 27.1 Å². The largest absolute Gasteiger partial charge is 0.332 e. The minimum absolute atomic E-state index is 0.00502. The van der Waals surface area contributed by atoms with E-state index in [1.807, 2.05) is 0 Å². The number of fused-ring (bicyclic) bond motifs is 8. The normalized spacial score (nSPS) is 16.6. The highest BCUT2D eigenvalue weighted by molar-refractivity contribution is 6.06. The molecular formula is C70H75N3. The minimum atomic E-state index is 0.00502. The first-order valence-electron chi connectivity index (χ1n) is 26.7. The second-order valence-electron chi connectivity index (χ2n) is 26.5. The summed E-state index contributed by atoms with van der Waals surface area (Å²) >= 11 is 0. The fourth-order valence-electron chi connectivity index (χ4n) is 11.6. The highest BCUT2D eigenvalue weighted by atomic mass is 15.2. The van der Waals surface area contributed by atoms with Crippen LogP contribution in [0, 0.1) is 5.41 Å².